The second kappa shape index (κ2) is 6.44. The lowest BCUT2D eigenvalue weighted by Crippen LogP contribution is -2.17. The molecule has 0 aliphatic rings. The van der Waals surface area contributed by atoms with Crippen LogP contribution in [0.25, 0.3) is 0 Å². The van der Waals surface area contributed by atoms with Gasteiger partial charge in [0.25, 0.3) is 0 Å². The molecule has 3 nitrogen and oxygen atoms in total. The Bertz CT molecular complexity index is 339. The molecule has 1 heterocycles. The molecule has 2 N–H and O–H groups in total. The highest BCUT2D eigenvalue weighted by Gasteiger charge is 2.30. The van der Waals surface area contributed by atoms with Crippen molar-refractivity contribution in [1.82, 2.24) is 10.3 Å². The van der Waals surface area contributed by atoms with Crippen LogP contribution in [0, 0.1) is 0 Å². The van der Waals surface area contributed by atoms with E-state index in [1.807, 2.05) is 6.92 Å². The van der Waals surface area contributed by atoms with Crippen LogP contribution in [0.4, 0.5) is 19.0 Å². The summed E-state index contributed by atoms with van der Waals surface area (Å²) in [6, 6.07) is 1.98. The monoisotopic (exact) mass is 247 g/mol. The van der Waals surface area contributed by atoms with Crippen LogP contribution < -0.4 is 10.6 Å². The molecule has 1 rings (SSSR count). The Hall–Kier alpha value is -1.30. The maximum Gasteiger partial charge on any atom is 0.416 e. The Morgan fingerprint density at radius 1 is 1.29 bits per heavy atom. The quantitative estimate of drug-likeness (QED) is 0.758. The molecule has 0 amide bonds. The Morgan fingerprint density at radius 3 is 2.71 bits per heavy atom. The van der Waals surface area contributed by atoms with Crippen molar-refractivity contribution in [1.29, 1.82) is 0 Å². The fourth-order valence-corrected chi connectivity index (χ4v) is 1.31. The molecule has 1 aromatic rings. The molecule has 0 saturated carbocycles. The average molecular weight is 247 g/mol. The molecule has 0 fully saturated rings. The van der Waals surface area contributed by atoms with Crippen LogP contribution in [0.5, 0.6) is 0 Å². The number of nitrogens with zero attached hydrogens (tertiary/aromatic N) is 1. The van der Waals surface area contributed by atoms with E-state index in [0.717, 1.165) is 37.8 Å². The number of hydrogen-bond acceptors (Lipinski definition) is 3. The molecule has 0 aliphatic carbocycles. The third-order valence-electron chi connectivity index (χ3n) is 2.17. The van der Waals surface area contributed by atoms with Gasteiger partial charge in [0.2, 0.25) is 0 Å². The molecular weight excluding hydrogens is 231 g/mol. The summed E-state index contributed by atoms with van der Waals surface area (Å²) in [6.07, 6.45) is -2.32. The van der Waals surface area contributed by atoms with Crippen LogP contribution in [-0.4, -0.2) is 24.6 Å². The number of hydrogen-bond donors (Lipinski definition) is 2. The number of alkyl halides is 3. The molecule has 6 heteroatoms. The molecule has 0 radical (unpaired) electrons. The lowest BCUT2D eigenvalue weighted by Gasteiger charge is -2.09. The van der Waals surface area contributed by atoms with Gasteiger partial charge >= 0.3 is 6.18 Å². The van der Waals surface area contributed by atoms with Gasteiger partial charge in [-0.05, 0) is 31.6 Å². The molecular formula is C11H16F3N3. The van der Waals surface area contributed by atoms with E-state index in [9.17, 15) is 13.2 Å². The number of nitrogens with one attached hydrogen (secondary N) is 2. The fourth-order valence-electron chi connectivity index (χ4n) is 1.31. The van der Waals surface area contributed by atoms with E-state index in [0.29, 0.717) is 6.54 Å². The lowest BCUT2D eigenvalue weighted by molar-refractivity contribution is -0.137. The van der Waals surface area contributed by atoms with Crippen molar-refractivity contribution in [2.24, 2.45) is 0 Å². The standard InChI is InChI=1S/C11H16F3N3/c1-2-15-5-3-6-16-10-8-9(4-7-17-10)11(12,13)14/h4,7-8,15H,2-3,5-6H2,1H3,(H,16,17). The van der Waals surface area contributed by atoms with E-state index in [1.165, 1.54) is 0 Å². The largest absolute Gasteiger partial charge is 0.416 e. The molecule has 0 aliphatic heterocycles. The summed E-state index contributed by atoms with van der Waals surface area (Å²) < 4.78 is 37.2. The second-order valence-corrected chi connectivity index (χ2v) is 3.56. The first kappa shape index (κ1) is 13.8. The number of aromatic nitrogens is 1. The van der Waals surface area contributed by atoms with Crippen LogP contribution in [0.1, 0.15) is 18.9 Å². The molecule has 0 saturated heterocycles. The highest BCUT2D eigenvalue weighted by atomic mass is 19.4. The molecule has 17 heavy (non-hydrogen) atoms. The zero-order chi connectivity index (χ0) is 12.7. The van der Waals surface area contributed by atoms with Crippen molar-refractivity contribution in [3.05, 3.63) is 23.9 Å². The number of pyridine rings is 1. The average Bonchev–Trinajstić information content (AvgIpc) is 2.28. The van der Waals surface area contributed by atoms with E-state index in [-0.39, 0.29) is 5.82 Å². The zero-order valence-corrected chi connectivity index (χ0v) is 9.64. The third kappa shape index (κ3) is 5.04. The van der Waals surface area contributed by atoms with E-state index in [1.54, 1.807) is 0 Å². The number of halogens is 3. The third-order valence-corrected chi connectivity index (χ3v) is 2.17. The van der Waals surface area contributed by atoms with Crippen molar-refractivity contribution < 1.29 is 13.2 Å². The highest BCUT2D eigenvalue weighted by molar-refractivity contribution is 5.38. The smallest absolute Gasteiger partial charge is 0.370 e. The van der Waals surface area contributed by atoms with Gasteiger partial charge in [0, 0.05) is 12.7 Å². The first-order valence-electron chi connectivity index (χ1n) is 5.52. The SMILES string of the molecule is CCNCCCNc1cc(C(F)(F)F)ccn1. The summed E-state index contributed by atoms with van der Waals surface area (Å²) >= 11 is 0. The maximum absolute atomic E-state index is 12.4. The van der Waals surface area contributed by atoms with Crippen molar-refractivity contribution in [3.63, 3.8) is 0 Å². The van der Waals surface area contributed by atoms with Crippen LogP contribution in [0.2, 0.25) is 0 Å². The van der Waals surface area contributed by atoms with Gasteiger partial charge in [-0.15, -0.1) is 0 Å². The van der Waals surface area contributed by atoms with Crippen molar-refractivity contribution in [3.8, 4) is 0 Å². The Balaban J connectivity index is 2.44. The van der Waals surface area contributed by atoms with Gasteiger partial charge in [-0.2, -0.15) is 13.2 Å². The van der Waals surface area contributed by atoms with E-state index in [4.69, 9.17) is 0 Å². The first-order chi connectivity index (χ1) is 8.04. The summed E-state index contributed by atoms with van der Waals surface area (Å²) in [6.45, 7) is 4.33. The summed E-state index contributed by atoms with van der Waals surface area (Å²) in [7, 11) is 0. The summed E-state index contributed by atoms with van der Waals surface area (Å²) in [4.78, 5) is 3.84. The summed E-state index contributed by atoms with van der Waals surface area (Å²) in [5.41, 5.74) is -0.679. The predicted octanol–water partition coefficient (Wildman–Crippen LogP) is 2.51. The first-order valence-corrected chi connectivity index (χ1v) is 5.52. The van der Waals surface area contributed by atoms with Gasteiger partial charge in [-0.3, -0.25) is 0 Å². The van der Waals surface area contributed by atoms with Gasteiger partial charge in [0.1, 0.15) is 5.82 Å². The molecule has 96 valence electrons. The van der Waals surface area contributed by atoms with Gasteiger partial charge in [0.05, 0.1) is 5.56 Å². The van der Waals surface area contributed by atoms with Crippen LogP contribution in [-0.2, 0) is 6.18 Å². The summed E-state index contributed by atoms with van der Waals surface area (Å²) in [5.74, 6) is 0.260. The molecule has 0 spiro atoms. The Morgan fingerprint density at radius 2 is 2.06 bits per heavy atom. The number of rotatable bonds is 6. The molecule has 0 unspecified atom stereocenters. The van der Waals surface area contributed by atoms with Crippen molar-refractivity contribution in [2.75, 3.05) is 25.0 Å². The normalized spacial score (nSPS) is 11.5. The van der Waals surface area contributed by atoms with Gasteiger partial charge in [0.15, 0.2) is 0 Å². The van der Waals surface area contributed by atoms with Crippen LogP contribution in [0.15, 0.2) is 18.3 Å². The zero-order valence-electron chi connectivity index (χ0n) is 9.64. The van der Waals surface area contributed by atoms with E-state index in [2.05, 4.69) is 15.6 Å². The van der Waals surface area contributed by atoms with Crippen LogP contribution in [0.3, 0.4) is 0 Å². The Labute approximate surface area is 98.4 Å². The van der Waals surface area contributed by atoms with Crippen LogP contribution >= 0.6 is 0 Å². The van der Waals surface area contributed by atoms with Crippen molar-refractivity contribution >= 4 is 5.82 Å². The summed E-state index contributed by atoms with van der Waals surface area (Å²) in [5, 5.41) is 5.99. The molecule has 0 bridgehead atoms. The minimum atomic E-state index is -4.32. The minimum Gasteiger partial charge on any atom is -0.370 e. The minimum absolute atomic E-state index is 0.260. The second-order valence-electron chi connectivity index (χ2n) is 3.56. The molecule has 1 aromatic heterocycles. The van der Waals surface area contributed by atoms with Gasteiger partial charge < -0.3 is 10.6 Å². The fraction of sp³-hybridized carbons (Fsp3) is 0.545. The number of anilines is 1. The van der Waals surface area contributed by atoms with Gasteiger partial charge in [-0.1, -0.05) is 6.92 Å². The molecule has 0 atom stereocenters. The predicted molar refractivity (Wildman–Crippen MR) is 60.9 cm³/mol. The van der Waals surface area contributed by atoms with Gasteiger partial charge in [-0.25, -0.2) is 4.98 Å². The lowest BCUT2D eigenvalue weighted by atomic mass is 10.2. The topological polar surface area (TPSA) is 37.0 Å². The molecule has 0 aromatic carbocycles. The van der Waals surface area contributed by atoms with Crippen molar-refractivity contribution in [2.45, 2.75) is 19.5 Å². The van der Waals surface area contributed by atoms with E-state index >= 15 is 0 Å². The Kier molecular flexibility index (Phi) is 5.21. The maximum atomic E-state index is 12.4. The van der Waals surface area contributed by atoms with E-state index < -0.39 is 11.7 Å². The highest BCUT2D eigenvalue weighted by Crippen LogP contribution is 2.29.